The van der Waals surface area contributed by atoms with Crippen molar-refractivity contribution in [3.8, 4) is 0 Å². The van der Waals surface area contributed by atoms with Crippen molar-refractivity contribution in [2.75, 3.05) is 22.6 Å². The van der Waals surface area contributed by atoms with Crippen LogP contribution in [0.3, 0.4) is 0 Å². The smallest absolute Gasteiger partial charge is 0.208 e. The van der Waals surface area contributed by atoms with Gasteiger partial charge in [0.2, 0.25) is 6.35 Å². The minimum absolute atomic E-state index is 0.142. The molecule has 10 heteroatoms. The summed E-state index contributed by atoms with van der Waals surface area (Å²) in [7, 11) is 0. The second-order valence-electron chi connectivity index (χ2n) is 4.61. The fourth-order valence-electron chi connectivity index (χ4n) is 2.41. The van der Waals surface area contributed by atoms with Gasteiger partial charge in [0.15, 0.2) is 17.9 Å². The van der Waals surface area contributed by atoms with E-state index in [9.17, 15) is 15.3 Å². The Morgan fingerprint density at radius 3 is 2.70 bits per heavy atom. The highest BCUT2D eigenvalue weighted by atomic mass is 16.6. The Bertz CT molecular complexity index is 517. The molecule has 0 amide bonds. The van der Waals surface area contributed by atoms with Gasteiger partial charge in [0.05, 0.1) is 6.61 Å². The summed E-state index contributed by atoms with van der Waals surface area (Å²) in [4.78, 5) is 9.00. The third-order valence-electron chi connectivity index (χ3n) is 3.43. The van der Waals surface area contributed by atoms with Crippen LogP contribution >= 0.6 is 0 Å². The molecule has 110 valence electrons. The van der Waals surface area contributed by atoms with Gasteiger partial charge in [-0.05, 0) is 0 Å². The standard InChI is InChI=1S/C10H15N5O5/c11-7-4-8(13-2-12-7)15(10(19)14-4)9-6(18)5(17)3(1-16)20-9/h2-3,5-6,9-10,14,16-19H,1H2,(H2,11,12,13)/t3-,5-,6-,9-,10?/m1/s1. The van der Waals surface area contributed by atoms with Crippen LogP contribution in [0.2, 0.25) is 0 Å². The fourth-order valence-corrected chi connectivity index (χ4v) is 2.41. The molecule has 0 radical (unpaired) electrons. The average Bonchev–Trinajstić information content (AvgIpc) is 2.90. The predicted molar refractivity (Wildman–Crippen MR) is 66.3 cm³/mol. The molecule has 0 bridgehead atoms. The second kappa shape index (κ2) is 4.68. The van der Waals surface area contributed by atoms with Crippen LogP contribution < -0.4 is 16.0 Å². The van der Waals surface area contributed by atoms with Gasteiger partial charge in [0.25, 0.3) is 0 Å². The highest BCUT2D eigenvalue weighted by Crippen LogP contribution is 2.39. The van der Waals surface area contributed by atoms with Crippen molar-refractivity contribution in [3.63, 3.8) is 0 Å². The Labute approximate surface area is 113 Å². The maximum atomic E-state index is 10.0. The molecule has 0 aliphatic carbocycles. The lowest BCUT2D eigenvalue weighted by atomic mass is 10.1. The summed E-state index contributed by atoms with van der Waals surface area (Å²) in [5, 5.41) is 41.5. The van der Waals surface area contributed by atoms with E-state index in [0.29, 0.717) is 5.69 Å². The molecule has 10 nitrogen and oxygen atoms in total. The summed E-state index contributed by atoms with van der Waals surface area (Å²) in [6.07, 6.45) is -4.62. The lowest BCUT2D eigenvalue weighted by Crippen LogP contribution is -2.49. The number of aliphatic hydroxyl groups is 4. The first-order valence-electron chi connectivity index (χ1n) is 6.00. The predicted octanol–water partition coefficient (Wildman–Crippen LogP) is -2.99. The van der Waals surface area contributed by atoms with Crippen molar-refractivity contribution in [1.29, 1.82) is 0 Å². The number of fused-ring (bicyclic) bond motifs is 1. The van der Waals surface area contributed by atoms with Gasteiger partial charge in [-0.2, -0.15) is 0 Å². The molecule has 1 aromatic rings. The number of nitrogens with two attached hydrogens (primary N) is 1. The van der Waals surface area contributed by atoms with E-state index in [0.717, 1.165) is 0 Å². The first-order chi connectivity index (χ1) is 9.54. The molecule has 2 aliphatic heterocycles. The summed E-state index contributed by atoms with van der Waals surface area (Å²) in [6.45, 7) is -0.454. The monoisotopic (exact) mass is 285 g/mol. The van der Waals surface area contributed by atoms with E-state index in [1.807, 2.05) is 0 Å². The van der Waals surface area contributed by atoms with E-state index in [1.165, 1.54) is 11.2 Å². The van der Waals surface area contributed by atoms with Crippen molar-refractivity contribution in [3.05, 3.63) is 6.33 Å². The largest absolute Gasteiger partial charge is 0.394 e. The van der Waals surface area contributed by atoms with E-state index >= 15 is 0 Å². The summed E-state index contributed by atoms with van der Waals surface area (Å²) in [5.41, 5.74) is 5.98. The fraction of sp³-hybridized carbons (Fsp3) is 0.600. The van der Waals surface area contributed by atoms with Crippen LogP contribution in [-0.4, -0.2) is 67.9 Å². The molecule has 2 aliphatic rings. The van der Waals surface area contributed by atoms with E-state index < -0.39 is 37.5 Å². The van der Waals surface area contributed by atoms with Crippen molar-refractivity contribution < 1.29 is 25.2 Å². The van der Waals surface area contributed by atoms with E-state index in [2.05, 4.69) is 15.3 Å². The zero-order valence-electron chi connectivity index (χ0n) is 10.3. The minimum atomic E-state index is -1.31. The van der Waals surface area contributed by atoms with Gasteiger partial charge in [-0.15, -0.1) is 0 Å². The van der Waals surface area contributed by atoms with Crippen molar-refractivity contribution in [2.45, 2.75) is 30.9 Å². The first kappa shape index (κ1) is 13.3. The number of aromatic nitrogens is 2. The second-order valence-corrected chi connectivity index (χ2v) is 4.61. The number of hydrogen-bond donors (Lipinski definition) is 6. The summed E-state index contributed by atoms with van der Waals surface area (Å²) in [6, 6.07) is 0. The normalized spacial score (nSPS) is 36.0. The van der Waals surface area contributed by atoms with Crippen LogP contribution in [-0.2, 0) is 4.74 Å². The SMILES string of the molecule is Nc1ncnc2c1NC(O)N2[C@@H]1O[C@H](CO)[C@@H](O)[C@H]1O. The third-order valence-corrected chi connectivity index (χ3v) is 3.43. The zero-order valence-corrected chi connectivity index (χ0v) is 10.3. The Balaban J connectivity index is 1.94. The van der Waals surface area contributed by atoms with Gasteiger partial charge in [0, 0.05) is 0 Å². The van der Waals surface area contributed by atoms with Gasteiger partial charge in [-0.3, -0.25) is 4.90 Å². The molecule has 3 rings (SSSR count). The highest BCUT2D eigenvalue weighted by Gasteiger charge is 2.49. The lowest BCUT2D eigenvalue weighted by Gasteiger charge is -2.29. The molecule has 7 N–H and O–H groups in total. The molecule has 3 heterocycles. The topological polar surface area (TPSA) is 157 Å². The van der Waals surface area contributed by atoms with Crippen molar-refractivity contribution in [1.82, 2.24) is 9.97 Å². The molecule has 1 unspecified atom stereocenters. The molecule has 0 saturated carbocycles. The van der Waals surface area contributed by atoms with Crippen LogP contribution in [0.25, 0.3) is 0 Å². The summed E-state index contributed by atoms with van der Waals surface area (Å²) >= 11 is 0. The number of ether oxygens (including phenoxy) is 1. The van der Waals surface area contributed by atoms with E-state index in [1.54, 1.807) is 0 Å². The lowest BCUT2D eigenvalue weighted by molar-refractivity contribution is -0.0319. The average molecular weight is 285 g/mol. The Morgan fingerprint density at radius 1 is 1.30 bits per heavy atom. The number of nitrogen functional groups attached to an aromatic ring is 1. The van der Waals surface area contributed by atoms with Gasteiger partial charge in [0.1, 0.15) is 30.3 Å². The minimum Gasteiger partial charge on any atom is -0.394 e. The molecule has 5 atom stereocenters. The number of anilines is 3. The van der Waals surface area contributed by atoms with Gasteiger partial charge >= 0.3 is 0 Å². The molecule has 0 spiro atoms. The highest BCUT2D eigenvalue weighted by molar-refractivity contribution is 5.80. The first-order valence-corrected chi connectivity index (χ1v) is 6.00. The van der Waals surface area contributed by atoms with E-state index in [-0.39, 0.29) is 11.6 Å². The van der Waals surface area contributed by atoms with Crippen molar-refractivity contribution >= 4 is 17.3 Å². The third kappa shape index (κ3) is 1.77. The van der Waals surface area contributed by atoms with Gasteiger partial charge in [-0.1, -0.05) is 0 Å². The van der Waals surface area contributed by atoms with Crippen LogP contribution in [0.5, 0.6) is 0 Å². The van der Waals surface area contributed by atoms with Crippen LogP contribution in [0, 0.1) is 0 Å². The quantitative estimate of drug-likeness (QED) is 0.331. The number of rotatable bonds is 2. The molecule has 1 fully saturated rings. The molecular formula is C10H15N5O5. The number of nitrogens with one attached hydrogen (secondary N) is 1. The summed E-state index contributed by atoms with van der Waals surface area (Å²) in [5.74, 6) is 0.392. The Hall–Kier alpha value is -1.72. The number of aliphatic hydroxyl groups excluding tert-OH is 4. The molecule has 20 heavy (non-hydrogen) atoms. The van der Waals surface area contributed by atoms with Crippen LogP contribution in [0.15, 0.2) is 6.33 Å². The molecule has 1 aromatic heterocycles. The number of hydrogen-bond acceptors (Lipinski definition) is 10. The van der Waals surface area contributed by atoms with Gasteiger partial charge < -0.3 is 36.2 Å². The molecule has 1 saturated heterocycles. The van der Waals surface area contributed by atoms with Crippen molar-refractivity contribution in [2.24, 2.45) is 0 Å². The Kier molecular flexibility index (Phi) is 3.11. The van der Waals surface area contributed by atoms with Gasteiger partial charge in [-0.25, -0.2) is 9.97 Å². The molecular weight excluding hydrogens is 270 g/mol. The molecule has 0 aromatic carbocycles. The summed E-state index contributed by atoms with van der Waals surface area (Å²) < 4.78 is 5.36. The maximum absolute atomic E-state index is 10.0. The van der Waals surface area contributed by atoms with E-state index in [4.69, 9.17) is 15.6 Å². The van der Waals surface area contributed by atoms with Crippen LogP contribution in [0.4, 0.5) is 17.3 Å². The van der Waals surface area contributed by atoms with Crippen LogP contribution in [0.1, 0.15) is 0 Å². The maximum Gasteiger partial charge on any atom is 0.208 e. The number of nitrogens with zero attached hydrogens (tertiary/aromatic N) is 3. The Morgan fingerprint density at radius 2 is 2.05 bits per heavy atom. The zero-order chi connectivity index (χ0) is 14.4.